The van der Waals surface area contributed by atoms with Gasteiger partial charge in [0.15, 0.2) is 0 Å². The standard InChI is InChI=1S/C26H21ClN4O3S/c1-16-23(25(33)30-17-8-3-2-4-9-17)24(21-12-7-13-34-21)18(14-28)26(29-16)35-15-22(32)31-20-11-6-5-10-19(20)27/h2-13,24,29H,15H2,1H3,(H,30,33)(H,31,32)/t24-/m0/s1. The summed E-state index contributed by atoms with van der Waals surface area (Å²) in [7, 11) is 0. The highest BCUT2D eigenvalue weighted by atomic mass is 35.5. The first-order valence-corrected chi connectivity index (χ1v) is 12.0. The van der Waals surface area contributed by atoms with Crippen LogP contribution in [-0.4, -0.2) is 17.6 Å². The Hall–Kier alpha value is -3.93. The molecule has 1 aliphatic rings. The van der Waals surface area contributed by atoms with Gasteiger partial charge in [-0.05, 0) is 43.3 Å². The molecule has 1 atom stereocenters. The van der Waals surface area contributed by atoms with Gasteiger partial charge in [-0.15, -0.1) is 0 Å². The molecule has 2 amide bonds. The van der Waals surface area contributed by atoms with Crippen molar-refractivity contribution in [3.63, 3.8) is 0 Å². The first-order valence-electron chi connectivity index (χ1n) is 10.7. The third-order valence-electron chi connectivity index (χ3n) is 5.25. The zero-order valence-electron chi connectivity index (χ0n) is 18.7. The average molecular weight is 505 g/mol. The fourth-order valence-electron chi connectivity index (χ4n) is 3.67. The Labute approximate surface area is 211 Å². The van der Waals surface area contributed by atoms with Crippen LogP contribution in [0.5, 0.6) is 0 Å². The van der Waals surface area contributed by atoms with Crippen LogP contribution in [-0.2, 0) is 9.59 Å². The number of anilines is 2. The van der Waals surface area contributed by atoms with Gasteiger partial charge in [0.2, 0.25) is 5.91 Å². The molecule has 0 radical (unpaired) electrons. The molecule has 4 rings (SSSR count). The van der Waals surface area contributed by atoms with Crippen LogP contribution in [0.3, 0.4) is 0 Å². The van der Waals surface area contributed by atoms with E-state index in [-0.39, 0.29) is 17.6 Å². The molecular formula is C26H21ClN4O3S. The number of hydrogen-bond acceptors (Lipinski definition) is 6. The minimum atomic E-state index is -0.728. The average Bonchev–Trinajstić information content (AvgIpc) is 3.39. The number of allylic oxidation sites excluding steroid dienone is 2. The Morgan fingerprint density at radius 3 is 2.51 bits per heavy atom. The summed E-state index contributed by atoms with van der Waals surface area (Å²) < 4.78 is 5.62. The van der Waals surface area contributed by atoms with Gasteiger partial charge in [-0.25, -0.2) is 0 Å². The lowest BCUT2D eigenvalue weighted by Gasteiger charge is -2.28. The number of dihydropyridines is 1. The van der Waals surface area contributed by atoms with E-state index in [9.17, 15) is 14.9 Å². The highest BCUT2D eigenvalue weighted by Gasteiger charge is 2.36. The molecule has 3 aromatic rings. The molecule has 1 aromatic heterocycles. The number of furan rings is 1. The molecule has 0 aliphatic carbocycles. The van der Waals surface area contributed by atoms with Crippen LogP contribution in [0.2, 0.25) is 5.02 Å². The number of nitrogens with zero attached hydrogens (tertiary/aromatic N) is 1. The molecule has 0 unspecified atom stereocenters. The molecular weight excluding hydrogens is 484 g/mol. The molecule has 0 fully saturated rings. The Morgan fingerprint density at radius 1 is 1.09 bits per heavy atom. The van der Waals surface area contributed by atoms with Crippen LogP contribution < -0.4 is 16.0 Å². The number of thioether (sulfide) groups is 1. The van der Waals surface area contributed by atoms with Crippen molar-refractivity contribution in [2.75, 3.05) is 16.4 Å². The van der Waals surface area contributed by atoms with E-state index >= 15 is 0 Å². The van der Waals surface area contributed by atoms with Crippen molar-refractivity contribution in [2.45, 2.75) is 12.8 Å². The summed E-state index contributed by atoms with van der Waals surface area (Å²) in [5.41, 5.74) is 2.36. The highest BCUT2D eigenvalue weighted by molar-refractivity contribution is 8.03. The molecule has 0 saturated carbocycles. The smallest absolute Gasteiger partial charge is 0.254 e. The van der Waals surface area contributed by atoms with Gasteiger partial charge in [-0.2, -0.15) is 5.26 Å². The maximum absolute atomic E-state index is 13.3. The van der Waals surface area contributed by atoms with Crippen molar-refractivity contribution in [3.05, 3.63) is 106 Å². The second-order valence-electron chi connectivity index (χ2n) is 7.60. The number of carbonyl (C=O) groups is 2. The number of hydrogen-bond donors (Lipinski definition) is 3. The fourth-order valence-corrected chi connectivity index (χ4v) is 4.75. The van der Waals surface area contributed by atoms with Crippen LogP contribution in [0, 0.1) is 11.3 Å². The molecule has 9 heteroatoms. The molecule has 1 aliphatic heterocycles. The second kappa shape index (κ2) is 11.0. The van der Waals surface area contributed by atoms with Gasteiger partial charge < -0.3 is 20.4 Å². The van der Waals surface area contributed by atoms with E-state index in [0.29, 0.717) is 44.0 Å². The first-order chi connectivity index (χ1) is 17.0. The van der Waals surface area contributed by atoms with Crippen molar-refractivity contribution in [1.82, 2.24) is 5.32 Å². The van der Waals surface area contributed by atoms with E-state index in [1.807, 2.05) is 18.2 Å². The van der Waals surface area contributed by atoms with Gasteiger partial charge in [0, 0.05) is 11.4 Å². The lowest BCUT2D eigenvalue weighted by atomic mass is 9.85. The molecule has 0 bridgehead atoms. The van der Waals surface area contributed by atoms with Crippen molar-refractivity contribution in [3.8, 4) is 6.07 Å². The topological polar surface area (TPSA) is 107 Å². The summed E-state index contributed by atoms with van der Waals surface area (Å²) in [6, 6.07) is 21.7. The van der Waals surface area contributed by atoms with Gasteiger partial charge in [0.05, 0.1) is 50.9 Å². The quantitative estimate of drug-likeness (QED) is 0.384. The summed E-state index contributed by atoms with van der Waals surface area (Å²) in [6.07, 6.45) is 1.50. The monoisotopic (exact) mass is 504 g/mol. The number of carbonyl (C=O) groups excluding carboxylic acids is 2. The number of para-hydroxylation sites is 2. The maximum atomic E-state index is 13.3. The molecule has 3 N–H and O–H groups in total. The molecule has 7 nitrogen and oxygen atoms in total. The van der Waals surface area contributed by atoms with Crippen LogP contribution >= 0.6 is 23.4 Å². The number of amides is 2. The van der Waals surface area contributed by atoms with E-state index in [4.69, 9.17) is 16.0 Å². The molecule has 0 spiro atoms. The Bertz CT molecular complexity index is 1340. The van der Waals surface area contributed by atoms with Gasteiger partial charge in [-0.1, -0.05) is 53.7 Å². The number of halogens is 1. The summed E-state index contributed by atoms with van der Waals surface area (Å²) in [5, 5.41) is 19.8. The van der Waals surface area contributed by atoms with Crippen LogP contribution in [0.1, 0.15) is 18.6 Å². The van der Waals surface area contributed by atoms with Gasteiger partial charge in [0.25, 0.3) is 5.91 Å². The van der Waals surface area contributed by atoms with Crippen molar-refractivity contribution in [2.24, 2.45) is 0 Å². The third-order valence-corrected chi connectivity index (χ3v) is 6.59. The summed E-state index contributed by atoms with van der Waals surface area (Å²) in [4.78, 5) is 25.8. The second-order valence-corrected chi connectivity index (χ2v) is 9.00. The largest absolute Gasteiger partial charge is 0.468 e. The summed E-state index contributed by atoms with van der Waals surface area (Å²) in [5.74, 6) is -0.870. The van der Waals surface area contributed by atoms with Crippen molar-refractivity contribution in [1.29, 1.82) is 5.26 Å². The van der Waals surface area contributed by atoms with Gasteiger partial charge in [-0.3, -0.25) is 9.59 Å². The van der Waals surface area contributed by atoms with Crippen LogP contribution in [0.15, 0.2) is 99.3 Å². The zero-order valence-corrected chi connectivity index (χ0v) is 20.2. The molecule has 2 heterocycles. The first kappa shape index (κ1) is 24.2. The lowest BCUT2D eigenvalue weighted by molar-refractivity contribution is -0.114. The molecule has 0 saturated heterocycles. The minimum Gasteiger partial charge on any atom is -0.468 e. The van der Waals surface area contributed by atoms with E-state index in [1.165, 1.54) is 18.0 Å². The summed E-state index contributed by atoms with van der Waals surface area (Å²) >= 11 is 7.29. The lowest BCUT2D eigenvalue weighted by Crippen LogP contribution is -2.31. The molecule has 176 valence electrons. The van der Waals surface area contributed by atoms with E-state index < -0.39 is 5.92 Å². The zero-order chi connectivity index (χ0) is 24.8. The number of rotatable bonds is 7. The van der Waals surface area contributed by atoms with Gasteiger partial charge >= 0.3 is 0 Å². The van der Waals surface area contributed by atoms with Crippen LogP contribution in [0.4, 0.5) is 11.4 Å². The minimum absolute atomic E-state index is 0.0302. The summed E-state index contributed by atoms with van der Waals surface area (Å²) in [6.45, 7) is 1.76. The molecule has 2 aromatic carbocycles. The van der Waals surface area contributed by atoms with E-state index in [0.717, 1.165) is 0 Å². The van der Waals surface area contributed by atoms with Gasteiger partial charge in [0.1, 0.15) is 5.76 Å². The number of nitrogens with one attached hydrogen (secondary N) is 3. The van der Waals surface area contributed by atoms with Crippen LogP contribution in [0.25, 0.3) is 0 Å². The predicted molar refractivity (Wildman–Crippen MR) is 138 cm³/mol. The Morgan fingerprint density at radius 2 is 1.83 bits per heavy atom. The molecule has 35 heavy (non-hydrogen) atoms. The maximum Gasteiger partial charge on any atom is 0.254 e. The Balaban J connectivity index is 1.58. The highest BCUT2D eigenvalue weighted by Crippen LogP contribution is 2.41. The SMILES string of the molecule is CC1=C(C(=O)Nc2ccccc2)[C@H](c2ccco2)C(C#N)=C(SCC(=O)Nc2ccccc2Cl)N1. The number of benzene rings is 2. The normalized spacial score (nSPS) is 15.3. The van der Waals surface area contributed by atoms with E-state index in [1.54, 1.807) is 55.5 Å². The Kier molecular flexibility index (Phi) is 7.60. The predicted octanol–water partition coefficient (Wildman–Crippen LogP) is 5.64. The van der Waals surface area contributed by atoms with E-state index in [2.05, 4.69) is 22.0 Å². The van der Waals surface area contributed by atoms with Crippen molar-refractivity contribution < 1.29 is 14.0 Å². The fraction of sp³-hybridized carbons (Fsp3) is 0.115. The third kappa shape index (κ3) is 5.60. The number of nitriles is 1. The van der Waals surface area contributed by atoms with Crippen molar-refractivity contribution >= 4 is 46.6 Å².